The zero-order valence-corrected chi connectivity index (χ0v) is 7.85. The molecule has 0 aromatic heterocycles. The van der Waals surface area contributed by atoms with Gasteiger partial charge in [-0.25, -0.2) is 0 Å². The molecule has 3 nitrogen and oxygen atoms in total. The number of primary amides is 1. The molecule has 0 spiro atoms. The number of hydrogen-bond acceptors (Lipinski definition) is 2. The van der Waals surface area contributed by atoms with E-state index in [2.05, 4.69) is 0 Å². The summed E-state index contributed by atoms with van der Waals surface area (Å²) >= 11 is 0. The van der Waals surface area contributed by atoms with Crippen molar-refractivity contribution in [1.29, 1.82) is 0 Å². The second kappa shape index (κ2) is 3.80. The number of hydrogen-bond donors (Lipinski definition) is 1. The van der Waals surface area contributed by atoms with Gasteiger partial charge in [0.05, 0.1) is 6.10 Å². The minimum absolute atomic E-state index is 0.0358. The summed E-state index contributed by atoms with van der Waals surface area (Å²) in [5, 5.41) is 0. The molecule has 1 aliphatic heterocycles. The standard InChI is InChI=1S/C11H13NO2/c12-11(13)10-7-6-9(14-10)8-4-2-1-3-5-8/h1-5,9-10H,6-7H2,(H2,12,13). The van der Waals surface area contributed by atoms with Gasteiger partial charge >= 0.3 is 0 Å². The Kier molecular flexibility index (Phi) is 2.50. The molecular formula is C11H13NO2. The fourth-order valence-corrected chi connectivity index (χ4v) is 1.76. The molecule has 1 aromatic rings. The molecule has 0 saturated carbocycles. The van der Waals surface area contributed by atoms with Crippen LogP contribution in [0.4, 0.5) is 0 Å². The Labute approximate surface area is 82.9 Å². The highest BCUT2D eigenvalue weighted by Crippen LogP contribution is 2.32. The summed E-state index contributed by atoms with van der Waals surface area (Å²) in [6.45, 7) is 0. The second-order valence-corrected chi connectivity index (χ2v) is 3.50. The van der Waals surface area contributed by atoms with Gasteiger partial charge in [-0.1, -0.05) is 30.3 Å². The average Bonchev–Trinajstić information content (AvgIpc) is 2.68. The maximum absolute atomic E-state index is 10.9. The first-order valence-corrected chi connectivity index (χ1v) is 4.77. The molecule has 0 bridgehead atoms. The zero-order chi connectivity index (χ0) is 9.97. The highest BCUT2D eigenvalue weighted by atomic mass is 16.5. The van der Waals surface area contributed by atoms with Crippen LogP contribution in [0.1, 0.15) is 24.5 Å². The summed E-state index contributed by atoms with van der Waals surface area (Å²) in [4.78, 5) is 10.9. The van der Waals surface area contributed by atoms with Crippen LogP contribution in [0.3, 0.4) is 0 Å². The van der Waals surface area contributed by atoms with E-state index in [-0.39, 0.29) is 12.0 Å². The lowest BCUT2D eigenvalue weighted by atomic mass is 10.1. The van der Waals surface area contributed by atoms with Gasteiger partial charge in [-0.3, -0.25) is 4.79 Å². The molecule has 1 saturated heterocycles. The van der Waals surface area contributed by atoms with Gasteiger partial charge in [-0.15, -0.1) is 0 Å². The summed E-state index contributed by atoms with van der Waals surface area (Å²) in [5.74, 6) is -0.358. The lowest BCUT2D eigenvalue weighted by Gasteiger charge is -2.11. The Morgan fingerprint density at radius 1 is 1.29 bits per heavy atom. The topological polar surface area (TPSA) is 52.3 Å². The van der Waals surface area contributed by atoms with E-state index in [1.165, 1.54) is 0 Å². The highest BCUT2D eigenvalue weighted by Gasteiger charge is 2.29. The summed E-state index contributed by atoms with van der Waals surface area (Å²) in [6.07, 6.45) is 1.24. The summed E-state index contributed by atoms with van der Waals surface area (Å²) in [6, 6.07) is 9.92. The number of nitrogens with two attached hydrogens (primary N) is 1. The van der Waals surface area contributed by atoms with E-state index in [1.54, 1.807) is 0 Å². The molecule has 1 aromatic carbocycles. The Hall–Kier alpha value is -1.35. The minimum Gasteiger partial charge on any atom is -0.367 e. The summed E-state index contributed by atoms with van der Waals surface area (Å²) in [7, 11) is 0. The average molecular weight is 191 g/mol. The molecule has 2 unspecified atom stereocenters. The largest absolute Gasteiger partial charge is 0.367 e. The number of ether oxygens (including phenoxy) is 1. The third-order valence-corrected chi connectivity index (χ3v) is 2.51. The molecule has 1 heterocycles. The fraction of sp³-hybridized carbons (Fsp3) is 0.364. The van der Waals surface area contributed by atoms with Crippen molar-refractivity contribution in [1.82, 2.24) is 0 Å². The predicted octanol–water partition coefficient (Wildman–Crippen LogP) is 1.39. The SMILES string of the molecule is NC(=O)C1CCC(c2ccccc2)O1. The smallest absolute Gasteiger partial charge is 0.246 e. The van der Waals surface area contributed by atoms with Crippen LogP contribution in [0, 0.1) is 0 Å². The van der Waals surface area contributed by atoms with Gasteiger partial charge in [-0.2, -0.15) is 0 Å². The molecule has 1 amide bonds. The van der Waals surface area contributed by atoms with Crippen LogP contribution < -0.4 is 5.73 Å². The van der Waals surface area contributed by atoms with Crippen molar-refractivity contribution < 1.29 is 9.53 Å². The normalized spacial score (nSPS) is 26.3. The van der Waals surface area contributed by atoms with Crippen LogP contribution in [0.2, 0.25) is 0 Å². The molecular weight excluding hydrogens is 178 g/mol. The van der Waals surface area contributed by atoms with Crippen molar-refractivity contribution in [2.75, 3.05) is 0 Å². The van der Waals surface area contributed by atoms with Crippen LogP contribution in [-0.4, -0.2) is 12.0 Å². The third-order valence-electron chi connectivity index (χ3n) is 2.51. The molecule has 0 radical (unpaired) electrons. The third kappa shape index (κ3) is 1.77. The van der Waals surface area contributed by atoms with E-state index < -0.39 is 6.10 Å². The van der Waals surface area contributed by atoms with E-state index >= 15 is 0 Å². The molecule has 2 N–H and O–H groups in total. The van der Waals surface area contributed by atoms with Crippen LogP contribution in [0.25, 0.3) is 0 Å². The van der Waals surface area contributed by atoms with Gasteiger partial charge in [0, 0.05) is 0 Å². The zero-order valence-electron chi connectivity index (χ0n) is 7.85. The van der Waals surface area contributed by atoms with Gasteiger partial charge in [0.1, 0.15) is 6.10 Å². The van der Waals surface area contributed by atoms with Crippen LogP contribution in [0.5, 0.6) is 0 Å². The molecule has 1 fully saturated rings. The van der Waals surface area contributed by atoms with Crippen molar-refractivity contribution in [3.63, 3.8) is 0 Å². The maximum Gasteiger partial charge on any atom is 0.246 e. The van der Waals surface area contributed by atoms with Gasteiger partial charge in [0.25, 0.3) is 0 Å². The summed E-state index contributed by atoms with van der Waals surface area (Å²) in [5.41, 5.74) is 6.30. The molecule has 0 aliphatic carbocycles. The number of rotatable bonds is 2. The first kappa shape index (κ1) is 9.21. The maximum atomic E-state index is 10.9. The number of benzene rings is 1. The van der Waals surface area contributed by atoms with Crippen molar-refractivity contribution in [2.24, 2.45) is 5.73 Å². The number of amides is 1. The minimum atomic E-state index is -0.403. The monoisotopic (exact) mass is 191 g/mol. The molecule has 3 heteroatoms. The molecule has 14 heavy (non-hydrogen) atoms. The highest BCUT2D eigenvalue weighted by molar-refractivity contribution is 5.79. The molecule has 1 aliphatic rings. The lowest BCUT2D eigenvalue weighted by Crippen LogP contribution is -2.27. The molecule has 74 valence electrons. The lowest BCUT2D eigenvalue weighted by molar-refractivity contribution is -0.128. The van der Waals surface area contributed by atoms with E-state index in [9.17, 15) is 4.79 Å². The van der Waals surface area contributed by atoms with E-state index in [4.69, 9.17) is 10.5 Å². The van der Waals surface area contributed by atoms with Crippen molar-refractivity contribution in [2.45, 2.75) is 25.0 Å². The Morgan fingerprint density at radius 3 is 2.57 bits per heavy atom. The quantitative estimate of drug-likeness (QED) is 0.768. The first-order valence-electron chi connectivity index (χ1n) is 4.77. The van der Waals surface area contributed by atoms with E-state index in [0.29, 0.717) is 0 Å². The van der Waals surface area contributed by atoms with Crippen LogP contribution in [0.15, 0.2) is 30.3 Å². The summed E-state index contributed by atoms with van der Waals surface area (Å²) < 4.78 is 5.53. The van der Waals surface area contributed by atoms with Crippen molar-refractivity contribution in [3.05, 3.63) is 35.9 Å². The van der Waals surface area contributed by atoms with Gasteiger partial charge in [0.2, 0.25) is 5.91 Å². The molecule has 2 atom stereocenters. The number of carbonyl (C=O) groups excluding carboxylic acids is 1. The first-order chi connectivity index (χ1) is 6.77. The van der Waals surface area contributed by atoms with Gasteiger partial charge in [-0.05, 0) is 18.4 Å². The van der Waals surface area contributed by atoms with Crippen LogP contribution >= 0.6 is 0 Å². The van der Waals surface area contributed by atoms with E-state index in [0.717, 1.165) is 18.4 Å². The van der Waals surface area contributed by atoms with E-state index in [1.807, 2.05) is 30.3 Å². The number of carbonyl (C=O) groups is 1. The van der Waals surface area contributed by atoms with Crippen molar-refractivity contribution in [3.8, 4) is 0 Å². The molecule has 2 rings (SSSR count). The Balaban J connectivity index is 2.06. The Bertz CT molecular complexity index is 323. The van der Waals surface area contributed by atoms with Gasteiger partial charge < -0.3 is 10.5 Å². The van der Waals surface area contributed by atoms with Gasteiger partial charge in [0.15, 0.2) is 0 Å². The fourth-order valence-electron chi connectivity index (χ4n) is 1.76. The Morgan fingerprint density at radius 2 is 2.00 bits per heavy atom. The predicted molar refractivity (Wildman–Crippen MR) is 52.5 cm³/mol. The van der Waals surface area contributed by atoms with Crippen molar-refractivity contribution >= 4 is 5.91 Å². The van der Waals surface area contributed by atoms with Crippen LogP contribution in [-0.2, 0) is 9.53 Å². The second-order valence-electron chi connectivity index (χ2n) is 3.50.